The van der Waals surface area contributed by atoms with Crippen molar-refractivity contribution < 1.29 is 14.9 Å². The zero-order chi connectivity index (χ0) is 11.4. The number of hydrogen-bond donors (Lipinski definition) is 1. The minimum Gasteiger partial charge on any atom is -0.301 e. The molecule has 1 aromatic heterocycles. The molecule has 2 rings (SSSR count). The van der Waals surface area contributed by atoms with Crippen LogP contribution in [0.3, 0.4) is 0 Å². The van der Waals surface area contributed by atoms with Crippen LogP contribution in [0.2, 0.25) is 0 Å². The van der Waals surface area contributed by atoms with E-state index >= 15 is 0 Å². The van der Waals surface area contributed by atoms with Gasteiger partial charge in [0.1, 0.15) is 0 Å². The first-order valence-corrected chi connectivity index (χ1v) is 5.61. The summed E-state index contributed by atoms with van der Waals surface area (Å²) in [6.07, 6.45) is 5.27. The number of carbonyl (C=O) groups is 1. The fraction of sp³-hybridized carbons (Fsp3) is 0.500. The minimum absolute atomic E-state index is 0.169. The van der Waals surface area contributed by atoms with Gasteiger partial charge in [0, 0.05) is 17.8 Å². The molecule has 0 radical (unpaired) electrons. The Bertz CT molecular complexity index is 390. The number of aromatic nitrogens is 1. The van der Waals surface area contributed by atoms with Gasteiger partial charge in [0.2, 0.25) is 0 Å². The molecule has 4 heteroatoms. The maximum absolute atomic E-state index is 10.8. The molecule has 0 saturated heterocycles. The molecule has 0 spiro atoms. The molecule has 1 aromatic rings. The number of nitrogens with zero attached hydrogens (tertiary/aromatic N) is 1. The Morgan fingerprint density at radius 1 is 1.38 bits per heavy atom. The second kappa shape index (κ2) is 5.07. The number of carbonyl (C=O) groups excluding carboxylic acids is 1. The average Bonchev–Trinajstić information content (AvgIpc) is 2.35. The van der Waals surface area contributed by atoms with Gasteiger partial charge in [-0.1, -0.05) is 6.07 Å². The second-order valence-electron chi connectivity index (χ2n) is 4.08. The van der Waals surface area contributed by atoms with Gasteiger partial charge in [-0.15, -0.1) is 0 Å². The fourth-order valence-electron chi connectivity index (χ4n) is 2.04. The van der Waals surface area contributed by atoms with E-state index in [4.69, 9.17) is 5.26 Å². The lowest BCUT2D eigenvalue weighted by Gasteiger charge is -2.15. The fourth-order valence-corrected chi connectivity index (χ4v) is 2.04. The largest absolute Gasteiger partial charge is 0.342 e. The first-order valence-electron chi connectivity index (χ1n) is 5.61. The number of rotatable bonds is 3. The van der Waals surface area contributed by atoms with Gasteiger partial charge in [-0.25, -0.2) is 4.79 Å². The molecule has 16 heavy (non-hydrogen) atoms. The normalized spacial score (nSPS) is 14.3. The lowest BCUT2D eigenvalue weighted by atomic mass is 9.95. The van der Waals surface area contributed by atoms with Crippen molar-refractivity contribution in [1.82, 2.24) is 4.98 Å². The van der Waals surface area contributed by atoms with Crippen LogP contribution in [0.1, 0.15) is 36.2 Å². The monoisotopic (exact) mass is 221 g/mol. The number of hydrogen-bond acceptors (Lipinski definition) is 4. The van der Waals surface area contributed by atoms with E-state index in [-0.39, 0.29) is 6.42 Å². The Morgan fingerprint density at radius 3 is 3.00 bits per heavy atom. The van der Waals surface area contributed by atoms with Crippen LogP contribution in [-0.4, -0.2) is 16.2 Å². The van der Waals surface area contributed by atoms with Crippen LogP contribution in [0.25, 0.3) is 0 Å². The van der Waals surface area contributed by atoms with Crippen molar-refractivity contribution in [3.8, 4) is 0 Å². The van der Waals surface area contributed by atoms with E-state index in [0.29, 0.717) is 6.42 Å². The topological polar surface area (TPSA) is 59.4 Å². The maximum atomic E-state index is 10.8. The Morgan fingerprint density at radius 2 is 2.19 bits per heavy atom. The van der Waals surface area contributed by atoms with Crippen LogP contribution in [0.15, 0.2) is 12.1 Å². The van der Waals surface area contributed by atoms with E-state index in [1.165, 1.54) is 24.1 Å². The molecule has 1 N–H and O–H groups in total. The summed E-state index contributed by atoms with van der Waals surface area (Å²) in [5, 5.41) is 8.13. The van der Waals surface area contributed by atoms with E-state index in [2.05, 4.69) is 15.9 Å². The number of aryl methyl sites for hydroxylation is 3. The predicted molar refractivity (Wildman–Crippen MR) is 57.9 cm³/mol. The number of fused-ring (bicyclic) bond motifs is 1. The van der Waals surface area contributed by atoms with Crippen molar-refractivity contribution in [3.63, 3.8) is 0 Å². The van der Waals surface area contributed by atoms with Gasteiger partial charge in [-0.05, 0) is 37.3 Å². The quantitative estimate of drug-likeness (QED) is 0.625. The molecule has 1 heterocycles. The summed E-state index contributed by atoms with van der Waals surface area (Å²) < 4.78 is 0. The maximum Gasteiger partial charge on any atom is 0.342 e. The highest BCUT2D eigenvalue weighted by molar-refractivity contribution is 5.68. The molecule has 0 bridgehead atoms. The molecule has 0 unspecified atom stereocenters. The van der Waals surface area contributed by atoms with Gasteiger partial charge < -0.3 is 4.89 Å². The molecule has 0 amide bonds. The Balaban J connectivity index is 2.03. The lowest BCUT2D eigenvalue weighted by molar-refractivity contribution is -0.234. The van der Waals surface area contributed by atoms with Crippen molar-refractivity contribution in [2.45, 2.75) is 38.5 Å². The van der Waals surface area contributed by atoms with Crippen molar-refractivity contribution in [2.24, 2.45) is 0 Å². The lowest BCUT2D eigenvalue weighted by Crippen LogP contribution is -2.08. The number of pyridine rings is 1. The zero-order valence-corrected chi connectivity index (χ0v) is 9.11. The summed E-state index contributed by atoms with van der Waals surface area (Å²) >= 11 is 0. The van der Waals surface area contributed by atoms with E-state index in [1.54, 1.807) is 0 Å². The average molecular weight is 221 g/mol. The molecule has 86 valence electrons. The highest BCUT2D eigenvalue weighted by Gasteiger charge is 2.11. The Hall–Kier alpha value is -1.42. The minimum atomic E-state index is -0.612. The predicted octanol–water partition coefficient (Wildman–Crippen LogP) is 1.91. The van der Waals surface area contributed by atoms with Gasteiger partial charge >= 0.3 is 5.97 Å². The van der Waals surface area contributed by atoms with Gasteiger partial charge in [-0.3, -0.25) is 4.98 Å². The van der Waals surface area contributed by atoms with Crippen molar-refractivity contribution in [2.75, 3.05) is 0 Å². The van der Waals surface area contributed by atoms with Gasteiger partial charge in [-0.2, -0.15) is 5.26 Å². The van der Waals surface area contributed by atoms with E-state index < -0.39 is 5.97 Å². The van der Waals surface area contributed by atoms with E-state index in [1.807, 2.05) is 6.07 Å². The van der Waals surface area contributed by atoms with Crippen LogP contribution < -0.4 is 0 Å². The zero-order valence-electron chi connectivity index (χ0n) is 9.11. The molecule has 1 aliphatic carbocycles. The molecule has 0 atom stereocenters. The third-order valence-electron chi connectivity index (χ3n) is 2.92. The highest BCUT2D eigenvalue weighted by Crippen LogP contribution is 2.19. The van der Waals surface area contributed by atoms with Gasteiger partial charge in [0.05, 0.1) is 6.42 Å². The van der Waals surface area contributed by atoms with Crippen LogP contribution >= 0.6 is 0 Å². The van der Waals surface area contributed by atoms with Crippen LogP contribution in [-0.2, 0) is 28.9 Å². The summed E-state index contributed by atoms with van der Waals surface area (Å²) in [5.74, 6) is -0.612. The summed E-state index contributed by atoms with van der Waals surface area (Å²) in [6.45, 7) is 0. The summed E-state index contributed by atoms with van der Waals surface area (Å²) in [7, 11) is 0. The van der Waals surface area contributed by atoms with Gasteiger partial charge in [0.25, 0.3) is 0 Å². The molecule has 0 fully saturated rings. The molecule has 1 aliphatic rings. The summed E-state index contributed by atoms with van der Waals surface area (Å²) in [5.41, 5.74) is 3.40. The third-order valence-corrected chi connectivity index (χ3v) is 2.92. The second-order valence-corrected chi connectivity index (χ2v) is 4.08. The highest BCUT2D eigenvalue weighted by atomic mass is 17.1. The molecule has 0 saturated carbocycles. The van der Waals surface area contributed by atoms with Crippen molar-refractivity contribution >= 4 is 5.97 Å². The SMILES string of the molecule is O=C(CCc1ccc2c(n1)CCCC2)OO. The molecular formula is C12H15NO3. The standard InChI is InChI=1S/C12H15NO3/c14-12(16-15)8-7-10-6-5-9-3-1-2-4-11(9)13-10/h5-6,15H,1-4,7-8H2. The Kier molecular flexibility index (Phi) is 3.51. The molecule has 0 aromatic carbocycles. The molecule has 4 nitrogen and oxygen atoms in total. The summed E-state index contributed by atoms with van der Waals surface area (Å²) in [6, 6.07) is 4.05. The van der Waals surface area contributed by atoms with Crippen LogP contribution in [0.4, 0.5) is 0 Å². The van der Waals surface area contributed by atoms with E-state index in [9.17, 15) is 4.79 Å². The van der Waals surface area contributed by atoms with Gasteiger partial charge in [0.15, 0.2) is 0 Å². The third kappa shape index (κ3) is 2.58. The first-order chi connectivity index (χ1) is 7.79. The first kappa shape index (κ1) is 11.1. The van der Waals surface area contributed by atoms with Crippen LogP contribution in [0.5, 0.6) is 0 Å². The molecule has 0 aliphatic heterocycles. The Labute approximate surface area is 94.2 Å². The van der Waals surface area contributed by atoms with Crippen molar-refractivity contribution in [3.05, 3.63) is 29.1 Å². The smallest absolute Gasteiger partial charge is 0.301 e. The summed E-state index contributed by atoms with van der Waals surface area (Å²) in [4.78, 5) is 18.9. The molecular weight excluding hydrogens is 206 g/mol. The van der Waals surface area contributed by atoms with E-state index in [0.717, 1.165) is 18.5 Å². The van der Waals surface area contributed by atoms with Crippen molar-refractivity contribution in [1.29, 1.82) is 0 Å². The van der Waals surface area contributed by atoms with Crippen LogP contribution in [0, 0.1) is 0 Å².